The summed E-state index contributed by atoms with van der Waals surface area (Å²) < 4.78 is 25.1. The summed E-state index contributed by atoms with van der Waals surface area (Å²) in [7, 11) is -0.842. The Hall–Kier alpha value is -2.42. The Morgan fingerprint density at radius 3 is 2.37 bits per heavy atom. The monoisotopic (exact) mass is 604 g/mol. The number of nitrogens with zero attached hydrogens (tertiary/aromatic N) is 3. The summed E-state index contributed by atoms with van der Waals surface area (Å²) >= 11 is 0. The number of piperidine rings is 1. The highest BCUT2D eigenvalue weighted by Gasteiger charge is 2.54. The zero-order chi connectivity index (χ0) is 29.8. The van der Waals surface area contributed by atoms with Gasteiger partial charge in [-0.25, -0.2) is 8.42 Å². The van der Waals surface area contributed by atoms with Gasteiger partial charge in [0.1, 0.15) is 0 Å². The van der Waals surface area contributed by atoms with Gasteiger partial charge in [0.25, 0.3) is 0 Å². The van der Waals surface area contributed by atoms with E-state index in [0.717, 1.165) is 70.8 Å². The molecule has 43 heavy (non-hydrogen) atoms. The second kappa shape index (κ2) is 11.5. The number of benzene rings is 2. The molecule has 8 heteroatoms. The molecule has 2 aliphatic carbocycles. The van der Waals surface area contributed by atoms with E-state index in [1.54, 1.807) is 24.6 Å². The summed E-state index contributed by atoms with van der Waals surface area (Å²) in [6, 6.07) is 17.0. The molecule has 2 aromatic rings. The van der Waals surface area contributed by atoms with Crippen molar-refractivity contribution in [2.45, 2.75) is 80.0 Å². The Morgan fingerprint density at radius 1 is 0.953 bits per heavy atom. The number of hydrogen-bond acceptors (Lipinski definition) is 6. The van der Waals surface area contributed by atoms with Crippen LogP contribution < -0.4 is 10.2 Å². The Morgan fingerprint density at radius 2 is 1.67 bits per heavy atom. The number of carbonyl (C=O) groups excluding carboxylic acids is 1. The third-order valence-corrected chi connectivity index (χ3v) is 13.6. The van der Waals surface area contributed by atoms with Gasteiger partial charge >= 0.3 is 0 Å². The molecule has 3 heterocycles. The summed E-state index contributed by atoms with van der Waals surface area (Å²) in [4.78, 5) is 20.3. The molecule has 0 spiro atoms. The molecule has 1 unspecified atom stereocenters. The van der Waals surface area contributed by atoms with Crippen LogP contribution in [0.15, 0.2) is 53.4 Å². The van der Waals surface area contributed by atoms with Crippen molar-refractivity contribution < 1.29 is 13.2 Å². The van der Waals surface area contributed by atoms with Crippen LogP contribution in [0.1, 0.15) is 63.0 Å². The molecule has 2 saturated heterocycles. The highest BCUT2D eigenvalue weighted by molar-refractivity contribution is 7.92. The standard InChI is InChI=1S/C35H48N4O3S/c1-25(40)36-34-9-5-8-33(34)35(24-37(2)23-27-6-3-4-7-32(27)35)28-16-18-38(19-17-28)20-26-21-39(22-26)29-10-12-30(13-11-29)43(41,42)31-14-15-31/h3-4,6-7,10-13,26,28,31,33-34H,5,8-9,14-24H2,1-2H3,(H,36,40)/t33-,34-,35?/m0/s1. The van der Waals surface area contributed by atoms with Gasteiger partial charge in [-0.05, 0) is 106 Å². The maximum Gasteiger partial charge on any atom is 0.217 e. The molecule has 0 radical (unpaired) electrons. The minimum Gasteiger partial charge on any atom is -0.371 e. The van der Waals surface area contributed by atoms with Crippen molar-refractivity contribution in [2.75, 3.05) is 51.2 Å². The van der Waals surface area contributed by atoms with Crippen molar-refractivity contribution >= 4 is 21.4 Å². The van der Waals surface area contributed by atoms with Gasteiger partial charge in [-0.1, -0.05) is 30.7 Å². The van der Waals surface area contributed by atoms with E-state index in [9.17, 15) is 13.2 Å². The van der Waals surface area contributed by atoms with Crippen LogP contribution >= 0.6 is 0 Å². The fourth-order valence-corrected chi connectivity index (χ4v) is 10.9. The average Bonchev–Trinajstić information content (AvgIpc) is 3.75. The van der Waals surface area contributed by atoms with Gasteiger partial charge in [-0.2, -0.15) is 0 Å². The summed E-state index contributed by atoms with van der Waals surface area (Å²) in [6.07, 6.45) is 7.50. The van der Waals surface area contributed by atoms with Crippen LogP contribution in [0.3, 0.4) is 0 Å². The van der Waals surface area contributed by atoms with E-state index in [2.05, 4.69) is 51.3 Å². The minimum atomic E-state index is -3.12. The van der Waals surface area contributed by atoms with Crippen LogP contribution in [0.25, 0.3) is 0 Å². The topological polar surface area (TPSA) is 73.0 Å². The van der Waals surface area contributed by atoms with Crippen LogP contribution in [-0.2, 0) is 26.6 Å². The van der Waals surface area contributed by atoms with Gasteiger partial charge in [-0.3, -0.25) is 4.79 Å². The fourth-order valence-electron chi connectivity index (χ4n) is 9.28. The first kappa shape index (κ1) is 29.3. The number of likely N-dealkylation sites (N-methyl/N-ethyl adjacent to an activating group) is 1. The van der Waals surface area contributed by atoms with E-state index in [1.165, 1.54) is 31.2 Å². The molecule has 232 valence electrons. The normalized spacial score (nSPS) is 29.3. The number of nitrogens with one attached hydrogen (secondary N) is 1. The molecule has 3 atom stereocenters. The van der Waals surface area contributed by atoms with Gasteiger partial charge in [0.2, 0.25) is 5.91 Å². The molecule has 2 saturated carbocycles. The number of rotatable bonds is 8. The predicted molar refractivity (Wildman–Crippen MR) is 171 cm³/mol. The minimum absolute atomic E-state index is 0.0751. The molecule has 0 aromatic heterocycles. The van der Waals surface area contributed by atoms with Crippen LogP contribution in [-0.4, -0.2) is 81.7 Å². The second-order valence-electron chi connectivity index (χ2n) is 14.3. The first-order chi connectivity index (χ1) is 20.7. The molecule has 0 bridgehead atoms. The lowest BCUT2D eigenvalue weighted by atomic mass is 9.56. The molecular formula is C35H48N4O3S. The van der Waals surface area contributed by atoms with Gasteiger partial charge < -0.3 is 20.0 Å². The summed E-state index contributed by atoms with van der Waals surface area (Å²) in [5.41, 5.74) is 4.24. The highest BCUT2D eigenvalue weighted by atomic mass is 32.2. The number of fused-ring (bicyclic) bond motifs is 1. The number of anilines is 1. The lowest BCUT2D eigenvalue weighted by molar-refractivity contribution is -0.120. The molecule has 7 nitrogen and oxygen atoms in total. The Balaban J connectivity index is 1.01. The van der Waals surface area contributed by atoms with Crippen molar-refractivity contribution in [1.82, 2.24) is 15.1 Å². The molecule has 4 fully saturated rings. The van der Waals surface area contributed by atoms with E-state index < -0.39 is 9.84 Å². The average molecular weight is 605 g/mol. The summed E-state index contributed by atoms with van der Waals surface area (Å²) in [5, 5.41) is 3.23. The molecule has 1 amide bonds. The third kappa shape index (κ3) is 5.53. The number of carbonyl (C=O) groups is 1. The fraction of sp³-hybridized carbons (Fsp3) is 0.629. The Kier molecular flexibility index (Phi) is 7.83. The van der Waals surface area contributed by atoms with Crippen LogP contribution in [0.5, 0.6) is 0 Å². The third-order valence-electron chi connectivity index (χ3n) is 11.3. The number of likely N-dealkylation sites (tertiary alicyclic amines) is 1. The lowest BCUT2D eigenvalue weighted by Crippen LogP contribution is -2.59. The SMILES string of the molecule is CC(=O)N[C@H]1CCC[C@@H]1C1(C2CCN(CC3CN(c4ccc(S(=O)(=O)C5CC5)cc4)C3)CC2)CN(C)Cc2ccccc21. The number of hydrogen-bond donors (Lipinski definition) is 1. The summed E-state index contributed by atoms with van der Waals surface area (Å²) in [6.45, 7) is 9.25. The van der Waals surface area contributed by atoms with E-state index in [-0.39, 0.29) is 22.6 Å². The number of amides is 1. The van der Waals surface area contributed by atoms with Gasteiger partial charge in [0, 0.05) is 62.7 Å². The maximum absolute atomic E-state index is 12.5. The lowest BCUT2D eigenvalue weighted by Gasteiger charge is -2.55. The zero-order valence-corrected chi connectivity index (χ0v) is 26.7. The van der Waals surface area contributed by atoms with E-state index >= 15 is 0 Å². The van der Waals surface area contributed by atoms with Crippen molar-refractivity contribution in [1.29, 1.82) is 0 Å². The van der Waals surface area contributed by atoms with Gasteiger partial charge in [-0.15, -0.1) is 0 Å². The molecule has 7 rings (SSSR count). The van der Waals surface area contributed by atoms with Crippen molar-refractivity contribution in [3.8, 4) is 0 Å². The molecule has 2 aromatic carbocycles. The number of sulfone groups is 1. The predicted octanol–water partition coefficient (Wildman–Crippen LogP) is 4.46. The van der Waals surface area contributed by atoms with Crippen molar-refractivity contribution in [3.63, 3.8) is 0 Å². The highest BCUT2D eigenvalue weighted by Crippen LogP contribution is 2.53. The van der Waals surface area contributed by atoms with E-state index in [1.807, 2.05) is 12.1 Å². The quantitative estimate of drug-likeness (QED) is 0.480. The Bertz CT molecular complexity index is 1430. The first-order valence-electron chi connectivity index (χ1n) is 16.6. The van der Waals surface area contributed by atoms with Crippen LogP contribution in [0.4, 0.5) is 5.69 Å². The molecule has 1 N–H and O–H groups in total. The van der Waals surface area contributed by atoms with Gasteiger partial charge in [0.05, 0.1) is 10.1 Å². The maximum atomic E-state index is 12.5. The zero-order valence-electron chi connectivity index (χ0n) is 25.9. The summed E-state index contributed by atoms with van der Waals surface area (Å²) in [5.74, 6) is 1.84. The second-order valence-corrected chi connectivity index (χ2v) is 16.5. The van der Waals surface area contributed by atoms with Crippen LogP contribution in [0, 0.1) is 17.8 Å². The van der Waals surface area contributed by atoms with E-state index in [0.29, 0.717) is 22.6 Å². The smallest absolute Gasteiger partial charge is 0.217 e. The van der Waals surface area contributed by atoms with Gasteiger partial charge in [0.15, 0.2) is 9.84 Å². The van der Waals surface area contributed by atoms with E-state index in [4.69, 9.17) is 0 Å². The molecular weight excluding hydrogens is 556 g/mol. The largest absolute Gasteiger partial charge is 0.371 e. The molecule has 3 aliphatic heterocycles. The first-order valence-corrected chi connectivity index (χ1v) is 18.1. The van der Waals surface area contributed by atoms with Crippen molar-refractivity contribution in [2.24, 2.45) is 17.8 Å². The Labute approximate surface area is 257 Å². The van der Waals surface area contributed by atoms with Crippen LogP contribution in [0.2, 0.25) is 0 Å². The van der Waals surface area contributed by atoms with Crippen molar-refractivity contribution in [3.05, 3.63) is 59.7 Å². The molecule has 5 aliphatic rings.